The van der Waals surface area contributed by atoms with Crippen LogP contribution in [-0.2, 0) is 0 Å². The monoisotopic (exact) mass is 326 g/mol. The molecule has 6 nitrogen and oxygen atoms in total. The highest BCUT2D eigenvalue weighted by molar-refractivity contribution is 7.14. The molecule has 0 spiro atoms. The van der Waals surface area contributed by atoms with Crippen LogP contribution in [-0.4, -0.2) is 26.5 Å². The first kappa shape index (κ1) is 15.1. The van der Waals surface area contributed by atoms with Crippen LogP contribution in [0.3, 0.4) is 0 Å². The topological polar surface area (TPSA) is 59.7 Å². The Balaban J connectivity index is 1.96. The maximum Gasteiger partial charge on any atom is 0.160 e. The fourth-order valence-corrected chi connectivity index (χ4v) is 2.87. The predicted molar refractivity (Wildman–Crippen MR) is 96.7 cm³/mol. The Morgan fingerprint density at radius 3 is 2.91 bits per heavy atom. The summed E-state index contributed by atoms with van der Waals surface area (Å²) >= 11 is 1.63. The van der Waals surface area contributed by atoms with Gasteiger partial charge in [-0.25, -0.2) is 4.98 Å². The molecule has 2 N–H and O–H groups in total. The van der Waals surface area contributed by atoms with Gasteiger partial charge in [0, 0.05) is 18.8 Å². The van der Waals surface area contributed by atoms with E-state index < -0.39 is 0 Å². The zero-order valence-electron chi connectivity index (χ0n) is 13.0. The van der Waals surface area contributed by atoms with Crippen molar-refractivity contribution in [2.45, 2.75) is 6.92 Å². The van der Waals surface area contributed by atoms with E-state index in [0.717, 1.165) is 27.8 Å². The SMILES string of the molecule is C=C(Nc1cccs1)c1ncc(-c2cnn(NC)c2)n1/C=C\C. The summed E-state index contributed by atoms with van der Waals surface area (Å²) in [7, 11) is 1.82. The van der Waals surface area contributed by atoms with Gasteiger partial charge in [-0.3, -0.25) is 4.57 Å². The normalized spacial score (nSPS) is 11.0. The highest BCUT2D eigenvalue weighted by Crippen LogP contribution is 2.26. The molecule has 0 bridgehead atoms. The smallest absolute Gasteiger partial charge is 0.160 e. The first-order valence-corrected chi connectivity index (χ1v) is 8.03. The highest BCUT2D eigenvalue weighted by Gasteiger charge is 2.14. The van der Waals surface area contributed by atoms with Gasteiger partial charge in [0.1, 0.15) is 0 Å². The van der Waals surface area contributed by atoms with Gasteiger partial charge in [0.2, 0.25) is 0 Å². The number of hydrogen-bond acceptors (Lipinski definition) is 5. The van der Waals surface area contributed by atoms with Gasteiger partial charge in [-0.15, -0.1) is 11.3 Å². The molecule has 0 radical (unpaired) electrons. The molecule has 3 rings (SSSR count). The summed E-state index contributed by atoms with van der Waals surface area (Å²) < 4.78 is 2.00. The van der Waals surface area contributed by atoms with Crippen molar-refractivity contribution < 1.29 is 0 Å². The third-order valence-corrected chi connectivity index (χ3v) is 4.05. The first-order valence-electron chi connectivity index (χ1n) is 7.15. The molecule has 0 aromatic carbocycles. The summed E-state index contributed by atoms with van der Waals surface area (Å²) in [5.74, 6) is 0.767. The maximum absolute atomic E-state index is 4.52. The zero-order valence-corrected chi connectivity index (χ0v) is 13.8. The fraction of sp³-hybridized carbons (Fsp3) is 0.125. The Bertz CT molecular complexity index is 825. The molecular weight excluding hydrogens is 308 g/mol. The molecule has 23 heavy (non-hydrogen) atoms. The van der Waals surface area contributed by atoms with Gasteiger partial charge in [-0.1, -0.05) is 12.7 Å². The van der Waals surface area contributed by atoms with E-state index in [9.17, 15) is 0 Å². The minimum atomic E-state index is 0.748. The fourth-order valence-electron chi connectivity index (χ4n) is 2.23. The molecule has 3 aromatic heterocycles. The van der Waals surface area contributed by atoms with Crippen LogP contribution < -0.4 is 10.7 Å². The van der Waals surface area contributed by atoms with E-state index >= 15 is 0 Å². The summed E-state index contributed by atoms with van der Waals surface area (Å²) in [4.78, 5) is 6.18. The van der Waals surface area contributed by atoms with Crippen LogP contribution in [0.4, 0.5) is 5.00 Å². The van der Waals surface area contributed by atoms with Crippen LogP contribution in [0.1, 0.15) is 12.7 Å². The van der Waals surface area contributed by atoms with E-state index in [1.54, 1.807) is 22.3 Å². The molecule has 0 aliphatic rings. The van der Waals surface area contributed by atoms with Crippen molar-refractivity contribution in [1.29, 1.82) is 0 Å². The molecule has 0 amide bonds. The molecule has 0 saturated heterocycles. The van der Waals surface area contributed by atoms with Crippen LogP contribution in [0.25, 0.3) is 23.2 Å². The molecule has 118 valence electrons. The van der Waals surface area contributed by atoms with Crippen molar-refractivity contribution in [2.24, 2.45) is 0 Å². The minimum Gasteiger partial charge on any atom is -0.345 e. The minimum absolute atomic E-state index is 0.748. The van der Waals surface area contributed by atoms with E-state index in [-0.39, 0.29) is 0 Å². The average molecular weight is 326 g/mol. The van der Waals surface area contributed by atoms with E-state index in [4.69, 9.17) is 0 Å². The Morgan fingerprint density at radius 1 is 1.39 bits per heavy atom. The first-order chi connectivity index (χ1) is 11.2. The van der Waals surface area contributed by atoms with Crippen molar-refractivity contribution in [3.05, 3.63) is 54.6 Å². The number of nitrogens with zero attached hydrogens (tertiary/aromatic N) is 4. The average Bonchev–Trinajstić information content (AvgIpc) is 3.27. The maximum atomic E-state index is 4.52. The van der Waals surface area contributed by atoms with Crippen molar-refractivity contribution in [3.8, 4) is 11.3 Å². The quantitative estimate of drug-likeness (QED) is 0.727. The molecule has 3 aromatic rings. The number of imidazole rings is 1. The summed E-state index contributed by atoms with van der Waals surface area (Å²) in [6.45, 7) is 6.09. The van der Waals surface area contributed by atoms with Gasteiger partial charge in [0.25, 0.3) is 0 Å². The molecule has 0 fully saturated rings. The molecule has 0 saturated carbocycles. The Morgan fingerprint density at radius 2 is 2.26 bits per heavy atom. The largest absolute Gasteiger partial charge is 0.345 e. The Labute approximate surface area is 138 Å². The predicted octanol–water partition coefficient (Wildman–Crippen LogP) is 3.55. The standard InChI is InChI=1S/C16H18N6S/c1-4-7-21-14(13-9-19-22(11-13)17-3)10-18-16(21)12(2)20-15-6-5-8-23-15/h4-11,17,20H,2H2,1,3H3/b7-4-. The van der Waals surface area contributed by atoms with Crippen molar-refractivity contribution in [2.75, 3.05) is 17.8 Å². The van der Waals surface area contributed by atoms with Gasteiger partial charge in [-0.05, 0) is 24.4 Å². The van der Waals surface area contributed by atoms with E-state index in [1.807, 2.05) is 60.7 Å². The van der Waals surface area contributed by atoms with E-state index in [2.05, 4.69) is 27.4 Å². The van der Waals surface area contributed by atoms with Crippen molar-refractivity contribution in [1.82, 2.24) is 19.4 Å². The lowest BCUT2D eigenvalue weighted by Crippen LogP contribution is -2.08. The lowest BCUT2D eigenvalue weighted by molar-refractivity contribution is 0.782. The van der Waals surface area contributed by atoms with Crippen LogP contribution in [0, 0.1) is 0 Å². The summed E-state index contributed by atoms with van der Waals surface area (Å²) in [6, 6.07) is 4.01. The molecule has 3 heterocycles. The molecule has 0 aliphatic heterocycles. The molecule has 0 aliphatic carbocycles. The number of aromatic nitrogens is 4. The van der Waals surface area contributed by atoms with Gasteiger partial charge in [0.05, 0.1) is 35.0 Å². The van der Waals surface area contributed by atoms with Gasteiger partial charge >= 0.3 is 0 Å². The number of rotatable bonds is 6. The summed E-state index contributed by atoms with van der Waals surface area (Å²) in [5.41, 5.74) is 5.63. The van der Waals surface area contributed by atoms with Crippen LogP contribution in [0.5, 0.6) is 0 Å². The van der Waals surface area contributed by atoms with Gasteiger partial charge < -0.3 is 10.7 Å². The highest BCUT2D eigenvalue weighted by atomic mass is 32.1. The number of nitrogens with one attached hydrogen (secondary N) is 2. The zero-order chi connectivity index (χ0) is 16.2. The van der Waals surface area contributed by atoms with Crippen molar-refractivity contribution in [3.63, 3.8) is 0 Å². The van der Waals surface area contributed by atoms with Gasteiger partial charge in [-0.2, -0.15) is 9.89 Å². The second kappa shape index (κ2) is 6.53. The third kappa shape index (κ3) is 3.04. The van der Waals surface area contributed by atoms with Crippen molar-refractivity contribution >= 4 is 28.2 Å². The molecule has 0 unspecified atom stereocenters. The number of thiophene rings is 1. The van der Waals surface area contributed by atoms with Gasteiger partial charge in [0.15, 0.2) is 5.82 Å². The molecule has 7 heteroatoms. The lowest BCUT2D eigenvalue weighted by atomic mass is 10.3. The number of hydrogen-bond donors (Lipinski definition) is 2. The third-order valence-electron chi connectivity index (χ3n) is 3.27. The number of allylic oxidation sites excluding steroid dienone is 1. The second-order valence-electron chi connectivity index (χ2n) is 4.80. The second-order valence-corrected chi connectivity index (χ2v) is 5.75. The molecule has 0 atom stereocenters. The lowest BCUT2D eigenvalue weighted by Gasteiger charge is -2.09. The van der Waals surface area contributed by atoms with Crippen LogP contribution >= 0.6 is 11.3 Å². The summed E-state index contributed by atoms with van der Waals surface area (Å²) in [6.07, 6.45) is 9.47. The Hall–Kier alpha value is -2.80. The number of anilines is 1. The summed E-state index contributed by atoms with van der Waals surface area (Å²) in [5, 5.41) is 10.6. The molecular formula is C16H18N6S. The van der Waals surface area contributed by atoms with E-state index in [1.165, 1.54) is 0 Å². The van der Waals surface area contributed by atoms with Crippen LogP contribution in [0.15, 0.2) is 48.8 Å². The Kier molecular flexibility index (Phi) is 4.29. The van der Waals surface area contributed by atoms with Crippen LogP contribution in [0.2, 0.25) is 0 Å². The van der Waals surface area contributed by atoms with E-state index in [0.29, 0.717) is 0 Å².